The zero-order valence-corrected chi connectivity index (χ0v) is 12.0. The summed E-state index contributed by atoms with van der Waals surface area (Å²) in [4.78, 5) is 1.83. The molecular weight excluding hydrogens is 307 g/mol. The van der Waals surface area contributed by atoms with Gasteiger partial charge in [-0.3, -0.25) is 0 Å². The largest absolute Gasteiger partial charge is 0.343 e. The molecule has 4 heteroatoms. The summed E-state index contributed by atoms with van der Waals surface area (Å²) >= 11 is 3.30. The zero-order chi connectivity index (χ0) is 13.8. The SMILES string of the molecule is CN(c1ccccc1C#N)c1cccc(F)c1CBr. The predicted octanol–water partition coefficient (Wildman–Crippen LogP) is 4.36. The van der Waals surface area contributed by atoms with Gasteiger partial charge in [0.05, 0.1) is 11.3 Å². The molecule has 2 nitrogen and oxygen atoms in total. The van der Waals surface area contributed by atoms with Crippen LogP contribution in [0.25, 0.3) is 0 Å². The van der Waals surface area contributed by atoms with Crippen LogP contribution < -0.4 is 4.90 Å². The van der Waals surface area contributed by atoms with Gasteiger partial charge in [-0.1, -0.05) is 34.1 Å². The maximum Gasteiger partial charge on any atom is 0.129 e. The van der Waals surface area contributed by atoms with Gasteiger partial charge in [0, 0.05) is 23.6 Å². The molecule has 2 rings (SSSR count). The van der Waals surface area contributed by atoms with Gasteiger partial charge in [-0.05, 0) is 24.3 Å². The lowest BCUT2D eigenvalue weighted by Gasteiger charge is -2.23. The van der Waals surface area contributed by atoms with Crippen molar-refractivity contribution in [3.63, 3.8) is 0 Å². The molecule has 0 atom stereocenters. The third-order valence-electron chi connectivity index (χ3n) is 2.97. The molecule has 0 saturated carbocycles. The molecule has 0 spiro atoms. The second kappa shape index (κ2) is 5.85. The van der Waals surface area contributed by atoms with E-state index < -0.39 is 0 Å². The van der Waals surface area contributed by atoms with Crippen molar-refractivity contribution in [1.29, 1.82) is 5.26 Å². The van der Waals surface area contributed by atoms with E-state index in [4.69, 9.17) is 5.26 Å². The molecule has 0 heterocycles. The highest BCUT2D eigenvalue weighted by atomic mass is 79.9. The van der Waals surface area contributed by atoms with Crippen LogP contribution in [0.5, 0.6) is 0 Å². The fourth-order valence-corrected chi connectivity index (χ4v) is 2.54. The number of rotatable bonds is 3. The first kappa shape index (κ1) is 13.6. The van der Waals surface area contributed by atoms with Crippen molar-refractivity contribution in [1.82, 2.24) is 0 Å². The molecule has 0 amide bonds. The van der Waals surface area contributed by atoms with E-state index in [0.29, 0.717) is 16.5 Å². The van der Waals surface area contributed by atoms with Crippen molar-refractivity contribution in [3.8, 4) is 6.07 Å². The Kier molecular flexibility index (Phi) is 4.18. The normalized spacial score (nSPS) is 10.0. The zero-order valence-electron chi connectivity index (χ0n) is 10.4. The molecule has 0 aliphatic heterocycles. The minimum Gasteiger partial charge on any atom is -0.343 e. The highest BCUT2D eigenvalue weighted by Crippen LogP contribution is 2.31. The van der Waals surface area contributed by atoms with Crippen molar-refractivity contribution in [2.75, 3.05) is 11.9 Å². The van der Waals surface area contributed by atoms with Crippen molar-refractivity contribution in [3.05, 3.63) is 59.4 Å². The lowest BCUT2D eigenvalue weighted by molar-refractivity contribution is 0.618. The number of para-hydroxylation sites is 1. The molecule has 0 bridgehead atoms. The number of alkyl halides is 1. The van der Waals surface area contributed by atoms with Crippen LogP contribution >= 0.6 is 15.9 Å². The Bertz CT molecular complexity index is 634. The molecule has 0 unspecified atom stereocenters. The van der Waals surface area contributed by atoms with Crippen molar-refractivity contribution in [2.24, 2.45) is 0 Å². The molecule has 0 N–H and O–H groups in total. The Hall–Kier alpha value is -1.86. The summed E-state index contributed by atoms with van der Waals surface area (Å²) in [5.41, 5.74) is 2.66. The monoisotopic (exact) mass is 318 g/mol. The Morgan fingerprint density at radius 1 is 1.16 bits per heavy atom. The molecule has 19 heavy (non-hydrogen) atoms. The van der Waals surface area contributed by atoms with Gasteiger partial charge in [-0.15, -0.1) is 0 Å². The first-order valence-corrected chi connectivity index (χ1v) is 6.87. The second-order valence-corrected chi connectivity index (χ2v) is 4.62. The molecule has 0 aliphatic rings. The van der Waals surface area contributed by atoms with Gasteiger partial charge < -0.3 is 4.90 Å². The number of benzene rings is 2. The first-order valence-electron chi connectivity index (χ1n) is 5.75. The van der Waals surface area contributed by atoms with Gasteiger partial charge in [0.25, 0.3) is 0 Å². The fourth-order valence-electron chi connectivity index (χ4n) is 1.98. The van der Waals surface area contributed by atoms with Crippen LogP contribution in [0.15, 0.2) is 42.5 Å². The molecular formula is C15H12BrFN2. The van der Waals surface area contributed by atoms with Crippen LogP contribution in [0.1, 0.15) is 11.1 Å². The Morgan fingerprint density at radius 3 is 2.53 bits per heavy atom. The molecule has 2 aromatic carbocycles. The lowest BCUT2D eigenvalue weighted by Crippen LogP contribution is -2.13. The summed E-state index contributed by atoms with van der Waals surface area (Å²) in [7, 11) is 1.83. The Labute approximate surface area is 120 Å². The average molecular weight is 319 g/mol. The number of nitrogens with zero attached hydrogens (tertiary/aromatic N) is 2. The number of anilines is 2. The molecule has 0 aliphatic carbocycles. The van der Waals surface area contributed by atoms with E-state index in [1.165, 1.54) is 6.07 Å². The van der Waals surface area contributed by atoms with Crippen LogP contribution in [0.4, 0.5) is 15.8 Å². The summed E-state index contributed by atoms with van der Waals surface area (Å²) in [6, 6.07) is 14.4. The maximum atomic E-state index is 13.8. The predicted molar refractivity (Wildman–Crippen MR) is 78.3 cm³/mol. The first-order chi connectivity index (χ1) is 9.19. The van der Waals surface area contributed by atoms with Crippen LogP contribution in [0.3, 0.4) is 0 Å². The van der Waals surface area contributed by atoms with Crippen LogP contribution in [-0.2, 0) is 5.33 Å². The molecule has 2 aromatic rings. The molecule has 0 saturated heterocycles. The standard InChI is InChI=1S/C15H12BrFN2/c1-19(14-7-3-2-5-11(14)10-18)15-8-4-6-13(17)12(15)9-16/h2-8H,9H2,1H3. The van der Waals surface area contributed by atoms with Gasteiger partial charge in [-0.25, -0.2) is 4.39 Å². The summed E-state index contributed by atoms with van der Waals surface area (Å²) in [5, 5.41) is 9.56. The van der Waals surface area contributed by atoms with E-state index in [9.17, 15) is 4.39 Å². The quantitative estimate of drug-likeness (QED) is 0.786. The van der Waals surface area contributed by atoms with Gasteiger partial charge in [0.15, 0.2) is 0 Å². The summed E-state index contributed by atoms with van der Waals surface area (Å²) in [5.74, 6) is -0.254. The minimum atomic E-state index is -0.254. The number of hydrogen-bond acceptors (Lipinski definition) is 2. The van der Waals surface area contributed by atoms with Crippen molar-refractivity contribution >= 4 is 27.3 Å². The van der Waals surface area contributed by atoms with Crippen molar-refractivity contribution < 1.29 is 4.39 Å². The summed E-state index contributed by atoms with van der Waals surface area (Å²) in [6.07, 6.45) is 0. The Morgan fingerprint density at radius 2 is 1.84 bits per heavy atom. The van der Waals surface area contributed by atoms with Gasteiger partial charge in [0.2, 0.25) is 0 Å². The summed E-state index contributed by atoms with van der Waals surface area (Å²) < 4.78 is 13.8. The third kappa shape index (κ3) is 2.61. The van der Waals surface area contributed by atoms with Crippen LogP contribution in [0, 0.1) is 17.1 Å². The van der Waals surface area contributed by atoms with E-state index in [1.54, 1.807) is 12.1 Å². The van der Waals surface area contributed by atoms with Gasteiger partial charge in [-0.2, -0.15) is 5.26 Å². The number of nitriles is 1. The molecule has 0 fully saturated rings. The lowest BCUT2D eigenvalue weighted by atomic mass is 10.1. The van der Waals surface area contributed by atoms with E-state index >= 15 is 0 Å². The minimum absolute atomic E-state index is 0.254. The molecule has 0 aromatic heterocycles. The summed E-state index contributed by atoms with van der Waals surface area (Å²) in [6.45, 7) is 0. The van der Waals surface area contributed by atoms with Gasteiger partial charge >= 0.3 is 0 Å². The number of halogens is 2. The van der Waals surface area contributed by atoms with Crippen LogP contribution in [-0.4, -0.2) is 7.05 Å². The van der Waals surface area contributed by atoms with Crippen LogP contribution in [0.2, 0.25) is 0 Å². The van der Waals surface area contributed by atoms with E-state index in [-0.39, 0.29) is 5.82 Å². The highest BCUT2D eigenvalue weighted by molar-refractivity contribution is 9.08. The van der Waals surface area contributed by atoms with Gasteiger partial charge in [0.1, 0.15) is 11.9 Å². The fraction of sp³-hybridized carbons (Fsp3) is 0.133. The maximum absolute atomic E-state index is 13.8. The number of hydrogen-bond donors (Lipinski definition) is 0. The van der Waals surface area contributed by atoms with Crippen molar-refractivity contribution in [2.45, 2.75) is 5.33 Å². The second-order valence-electron chi connectivity index (χ2n) is 4.06. The van der Waals surface area contributed by atoms with E-state index in [0.717, 1.165) is 11.4 Å². The highest BCUT2D eigenvalue weighted by Gasteiger charge is 2.14. The average Bonchev–Trinajstić information content (AvgIpc) is 2.46. The van der Waals surface area contributed by atoms with E-state index in [1.807, 2.05) is 36.2 Å². The topological polar surface area (TPSA) is 27.0 Å². The molecule has 0 radical (unpaired) electrons. The molecule has 96 valence electrons. The Balaban J connectivity index is 2.54. The third-order valence-corrected chi connectivity index (χ3v) is 3.54. The van der Waals surface area contributed by atoms with E-state index in [2.05, 4.69) is 22.0 Å². The smallest absolute Gasteiger partial charge is 0.129 e.